The van der Waals surface area contributed by atoms with Crippen molar-refractivity contribution in [1.82, 2.24) is 5.43 Å². The zero-order valence-corrected chi connectivity index (χ0v) is 21.6. The van der Waals surface area contributed by atoms with Crippen molar-refractivity contribution in [2.45, 2.75) is 20.0 Å². The van der Waals surface area contributed by atoms with Gasteiger partial charge in [0, 0.05) is 27.1 Å². The molecular weight excluding hydrogens is 509 g/mol. The van der Waals surface area contributed by atoms with Crippen LogP contribution in [0.5, 0.6) is 0 Å². The van der Waals surface area contributed by atoms with Crippen LogP contribution in [0.1, 0.15) is 34.6 Å². The molecule has 0 radical (unpaired) electrons. The van der Waals surface area contributed by atoms with Crippen LogP contribution >= 0.6 is 23.2 Å². The number of carbonyl (C=O) groups is 3. The largest absolute Gasteiger partial charge is 0.294 e. The summed E-state index contributed by atoms with van der Waals surface area (Å²) in [5.74, 6) is -2.07. The van der Waals surface area contributed by atoms with Crippen molar-refractivity contribution in [2.75, 3.05) is 5.01 Å². The molecule has 2 aliphatic heterocycles. The molecule has 6 nitrogen and oxygen atoms in total. The third kappa shape index (κ3) is 4.64. The van der Waals surface area contributed by atoms with Crippen LogP contribution in [0.2, 0.25) is 10.0 Å². The third-order valence-electron chi connectivity index (χ3n) is 6.69. The number of allylic oxidation sites excluding steroid dienone is 1. The molecule has 0 saturated carbocycles. The Morgan fingerprint density at radius 3 is 1.86 bits per heavy atom. The van der Waals surface area contributed by atoms with Crippen LogP contribution in [0, 0.1) is 11.8 Å². The van der Waals surface area contributed by atoms with Crippen LogP contribution in [-0.2, 0) is 4.79 Å². The van der Waals surface area contributed by atoms with Crippen molar-refractivity contribution in [3.8, 4) is 0 Å². The van der Waals surface area contributed by atoms with Gasteiger partial charge in [-0.15, -0.1) is 0 Å². The molecule has 2 heterocycles. The van der Waals surface area contributed by atoms with E-state index in [1.54, 1.807) is 62.4 Å². The topological polar surface area (TPSA) is 78.8 Å². The average molecular weight is 532 g/mol. The Labute approximate surface area is 224 Å². The lowest BCUT2D eigenvalue weighted by Gasteiger charge is -2.21. The number of para-hydroxylation sites is 1. The van der Waals surface area contributed by atoms with E-state index in [-0.39, 0.29) is 17.5 Å². The van der Waals surface area contributed by atoms with Crippen LogP contribution in [0.3, 0.4) is 0 Å². The maximum atomic E-state index is 13.7. The van der Waals surface area contributed by atoms with Gasteiger partial charge in [-0.25, -0.2) is 5.01 Å². The van der Waals surface area contributed by atoms with E-state index >= 15 is 0 Å². The summed E-state index contributed by atoms with van der Waals surface area (Å²) in [5.41, 5.74) is 6.03. The van der Waals surface area contributed by atoms with Crippen LogP contribution in [0.4, 0.5) is 5.69 Å². The van der Waals surface area contributed by atoms with Gasteiger partial charge in [0.2, 0.25) is 0 Å². The second-order valence-corrected chi connectivity index (χ2v) is 9.91. The Morgan fingerprint density at radius 2 is 1.32 bits per heavy atom. The van der Waals surface area contributed by atoms with Gasteiger partial charge in [-0.1, -0.05) is 48.3 Å². The Balaban J connectivity index is 1.55. The minimum absolute atomic E-state index is 0.174. The van der Waals surface area contributed by atoms with Gasteiger partial charge in [0.25, 0.3) is 5.91 Å². The molecule has 0 aliphatic carbocycles. The molecule has 5 rings (SSSR count). The summed E-state index contributed by atoms with van der Waals surface area (Å²) < 4.78 is 0. The van der Waals surface area contributed by atoms with Gasteiger partial charge in [0.1, 0.15) is 6.17 Å². The highest BCUT2D eigenvalue weighted by molar-refractivity contribution is 6.31. The first-order valence-electron chi connectivity index (χ1n) is 11.8. The SMILES string of the molecule is CC(C(=O)c1ccc(Cl)cc1)C1=NC2NN(c3ccccc3)C(=O)C2=C1C(C)C(=O)c1ccc(Cl)cc1. The molecule has 0 spiro atoms. The molecule has 2 aliphatic rings. The fourth-order valence-electron chi connectivity index (χ4n) is 4.74. The van der Waals surface area contributed by atoms with E-state index < -0.39 is 18.0 Å². The molecule has 3 atom stereocenters. The Hall–Kier alpha value is -3.58. The highest BCUT2D eigenvalue weighted by atomic mass is 35.5. The van der Waals surface area contributed by atoms with E-state index in [1.807, 2.05) is 30.3 Å². The van der Waals surface area contributed by atoms with E-state index in [0.29, 0.717) is 43.7 Å². The number of fused-ring (bicyclic) bond motifs is 1. The number of hydrazine groups is 1. The lowest BCUT2D eigenvalue weighted by molar-refractivity contribution is -0.114. The van der Waals surface area contributed by atoms with Gasteiger partial charge in [0.05, 0.1) is 22.9 Å². The summed E-state index contributed by atoms with van der Waals surface area (Å²) in [4.78, 5) is 45.4. The summed E-state index contributed by atoms with van der Waals surface area (Å²) in [6, 6.07) is 22.4. The monoisotopic (exact) mass is 531 g/mol. The molecule has 0 bridgehead atoms. The number of benzene rings is 3. The number of hydrogen-bond acceptors (Lipinski definition) is 5. The van der Waals surface area contributed by atoms with Crippen LogP contribution in [-0.4, -0.2) is 29.4 Å². The van der Waals surface area contributed by atoms with Gasteiger partial charge in [0.15, 0.2) is 11.6 Å². The Bertz CT molecular complexity index is 1450. The first-order chi connectivity index (χ1) is 17.8. The number of halogens is 2. The van der Waals surface area contributed by atoms with Gasteiger partial charge in [-0.05, 0) is 73.2 Å². The summed E-state index contributed by atoms with van der Waals surface area (Å²) >= 11 is 12.0. The fourth-order valence-corrected chi connectivity index (χ4v) is 4.99. The second kappa shape index (κ2) is 10.1. The molecule has 1 saturated heterocycles. The highest BCUT2D eigenvalue weighted by Crippen LogP contribution is 2.37. The maximum Gasteiger partial charge on any atom is 0.272 e. The molecule has 186 valence electrons. The standard InChI is InChI=1S/C29H23Cl2N3O3/c1-16(26(35)18-8-12-20(30)13-9-18)23-24-28(33-34(29(24)37)22-6-4-3-5-7-22)32-25(23)17(2)27(36)19-10-14-21(31)15-11-19/h3-17,28,33H,1-2H3. The third-order valence-corrected chi connectivity index (χ3v) is 7.20. The van der Waals surface area contributed by atoms with Crippen molar-refractivity contribution >= 4 is 52.1 Å². The van der Waals surface area contributed by atoms with Crippen molar-refractivity contribution in [1.29, 1.82) is 0 Å². The number of aliphatic imine (C=N–C) groups is 1. The minimum atomic E-state index is -0.720. The van der Waals surface area contributed by atoms with E-state index in [9.17, 15) is 14.4 Å². The maximum absolute atomic E-state index is 13.7. The van der Waals surface area contributed by atoms with E-state index in [0.717, 1.165) is 0 Å². The van der Waals surface area contributed by atoms with Crippen molar-refractivity contribution in [3.05, 3.63) is 111 Å². The first kappa shape index (κ1) is 25.1. The molecular formula is C29H23Cl2N3O3. The molecule has 1 fully saturated rings. The number of rotatable bonds is 7. The van der Waals surface area contributed by atoms with E-state index in [1.165, 1.54) is 5.01 Å². The highest BCUT2D eigenvalue weighted by Gasteiger charge is 2.46. The van der Waals surface area contributed by atoms with Crippen LogP contribution < -0.4 is 10.4 Å². The smallest absolute Gasteiger partial charge is 0.272 e. The molecule has 37 heavy (non-hydrogen) atoms. The number of carbonyl (C=O) groups excluding carboxylic acids is 3. The van der Waals surface area contributed by atoms with E-state index in [2.05, 4.69) is 5.43 Å². The minimum Gasteiger partial charge on any atom is -0.294 e. The predicted octanol–water partition coefficient (Wildman–Crippen LogP) is 5.96. The van der Waals surface area contributed by atoms with Crippen molar-refractivity contribution in [2.24, 2.45) is 16.8 Å². The van der Waals surface area contributed by atoms with Crippen molar-refractivity contribution in [3.63, 3.8) is 0 Å². The van der Waals surface area contributed by atoms with Gasteiger partial charge >= 0.3 is 0 Å². The number of hydrogen-bond donors (Lipinski definition) is 1. The van der Waals surface area contributed by atoms with Crippen molar-refractivity contribution < 1.29 is 14.4 Å². The lowest BCUT2D eigenvalue weighted by atomic mass is 9.81. The quantitative estimate of drug-likeness (QED) is 0.381. The first-order valence-corrected chi connectivity index (χ1v) is 12.6. The number of ketones is 2. The number of anilines is 1. The Morgan fingerprint density at radius 1 is 0.811 bits per heavy atom. The molecule has 3 aromatic rings. The predicted molar refractivity (Wildman–Crippen MR) is 145 cm³/mol. The van der Waals surface area contributed by atoms with Crippen LogP contribution in [0.25, 0.3) is 0 Å². The van der Waals surface area contributed by atoms with Gasteiger partial charge in [-0.2, -0.15) is 5.43 Å². The zero-order valence-electron chi connectivity index (χ0n) is 20.1. The second-order valence-electron chi connectivity index (χ2n) is 9.04. The summed E-state index contributed by atoms with van der Waals surface area (Å²) in [7, 11) is 0. The average Bonchev–Trinajstić information content (AvgIpc) is 3.45. The summed E-state index contributed by atoms with van der Waals surface area (Å²) in [6.07, 6.45) is -0.696. The molecule has 3 unspecified atom stereocenters. The molecule has 0 aromatic heterocycles. The lowest BCUT2D eigenvalue weighted by Crippen LogP contribution is -2.38. The number of Topliss-reactive ketones (excluding diaryl/α,β-unsaturated/α-hetero) is 2. The Kier molecular flexibility index (Phi) is 6.82. The summed E-state index contributed by atoms with van der Waals surface area (Å²) in [5, 5.41) is 2.48. The van der Waals surface area contributed by atoms with Gasteiger partial charge in [-0.3, -0.25) is 19.4 Å². The molecule has 1 amide bonds. The summed E-state index contributed by atoms with van der Waals surface area (Å²) in [6.45, 7) is 3.49. The number of nitrogens with one attached hydrogen (secondary N) is 1. The zero-order chi connectivity index (χ0) is 26.3. The number of nitrogens with zero attached hydrogens (tertiary/aromatic N) is 2. The molecule has 1 N–H and O–H groups in total. The van der Waals surface area contributed by atoms with E-state index in [4.69, 9.17) is 28.2 Å². The number of amides is 1. The molecule has 3 aromatic carbocycles. The van der Waals surface area contributed by atoms with Gasteiger partial charge < -0.3 is 0 Å². The van der Waals surface area contributed by atoms with Crippen LogP contribution in [0.15, 0.2) is 95.0 Å². The molecule has 8 heteroatoms. The fraction of sp³-hybridized carbons (Fsp3) is 0.172. The normalized spacial score (nSPS) is 18.5.